The third-order valence-corrected chi connectivity index (χ3v) is 2.59. The van der Waals surface area contributed by atoms with Crippen LogP contribution in [0.1, 0.15) is 52.9 Å². The second kappa shape index (κ2) is 9.70. The fourth-order valence-corrected chi connectivity index (χ4v) is 1.32. The van der Waals surface area contributed by atoms with E-state index in [4.69, 9.17) is 0 Å². The number of carbonyl (C=O) groups excluding carboxylic acids is 1. The third kappa shape index (κ3) is 11.1. The van der Waals surface area contributed by atoms with Crippen LogP contribution in [-0.2, 0) is 4.79 Å². The Morgan fingerprint density at radius 2 is 2.00 bits per heavy atom. The lowest BCUT2D eigenvalue weighted by Crippen LogP contribution is -1.90. The van der Waals surface area contributed by atoms with E-state index in [1.807, 2.05) is 12.2 Å². The summed E-state index contributed by atoms with van der Waals surface area (Å²) in [5.41, 5.74) is 0. The van der Waals surface area contributed by atoms with E-state index >= 15 is 0 Å². The first kappa shape index (κ1) is 14.2. The van der Waals surface area contributed by atoms with E-state index in [9.17, 15) is 4.79 Å². The summed E-state index contributed by atoms with van der Waals surface area (Å²) < 4.78 is 0. The summed E-state index contributed by atoms with van der Waals surface area (Å²) in [5.74, 6) is 0.975. The van der Waals surface area contributed by atoms with Crippen molar-refractivity contribution in [2.45, 2.75) is 52.9 Å². The van der Waals surface area contributed by atoms with Crippen molar-refractivity contribution < 1.29 is 4.79 Å². The van der Waals surface area contributed by atoms with Crippen LogP contribution in [0, 0.1) is 5.92 Å². The van der Waals surface area contributed by atoms with Crippen molar-refractivity contribution in [2.75, 3.05) is 0 Å². The minimum Gasteiger partial charge on any atom is -0.295 e. The first-order valence-corrected chi connectivity index (χ1v) is 6.00. The fraction of sp³-hybridized carbons (Fsp3) is 0.643. The van der Waals surface area contributed by atoms with Gasteiger partial charge < -0.3 is 0 Å². The topological polar surface area (TPSA) is 17.1 Å². The number of rotatable bonds is 8. The lowest BCUT2D eigenvalue weighted by molar-refractivity contribution is -0.112. The minimum absolute atomic E-state index is 0.108. The van der Waals surface area contributed by atoms with E-state index < -0.39 is 0 Å². The zero-order chi connectivity index (χ0) is 11.5. The Morgan fingerprint density at radius 1 is 1.27 bits per heavy atom. The van der Waals surface area contributed by atoms with Crippen LogP contribution < -0.4 is 0 Å². The summed E-state index contributed by atoms with van der Waals surface area (Å²) in [4.78, 5) is 10.6. The molecule has 0 saturated heterocycles. The Morgan fingerprint density at radius 3 is 2.60 bits per heavy atom. The third-order valence-electron chi connectivity index (χ3n) is 2.59. The van der Waals surface area contributed by atoms with Gasteiger partial charge in [0.2, 0.25) is 0 Å². The number of allylic oxidation sites excluding steroid dienone is 4. The molecule has 0 aliphatic rings. The van der Waals surface area contributed by atoms with Gasteiger partial charge in [0.05, 0.1) is 0 Å². The second-order valence-electron chi connectivity index (χ2n) is 4.20. The van der Waals surface area contributed by atoms with Gasteiger partial charge >= 0.3 is 0 Å². The Kier molecular flexibility index (Phi) is 9.15. The molecule has 1 unspecified atom stereocenters. The monoisotopic (exact) mass is 208 g/mol. The van der Waals surface area contributed by atoms with Crippen LogP contribution in [0.25, 0.3) is 0 Å². The summed E-state index contributed by atoms with van der Waals surface area (Å²) in [6.07, 6.45) is 13.8. The standard InChI is InChI=1S/C14H24O/c1-4-13(2)11-9-7-5-6-8-10-12-14(3)15/h6,8,10,12-13H,4-5,7,9,11H2,1-3H3/b8-6+,12-10-. The summed E-state index contributed by atoms with van der Waals surface area (Å²) in [6, 6.07) is 0. The van der Waals surface area contributed by atoms with Gasteiger partial charge in [-0.2, -0.15) is 0 Å². The fourth-order valence-electron chi connectivity index (χ4n) is 1.32. The van der Waals surface area contributed by atoms with Crippen LogP contribution in [0.5, 0.6) is 0 Å². The van der Waals surface area contributed by atoms with Gasteiger partial charge in [0.15, 0.2) is 5.78 Å². The first-order valence-electron chi connectivity index (χ1n) is 6.00. The number of carbonyl (C=O) groups is 1. The summed E-state index contributed by atoms with van der Waals surface area (Å²) >= 11 is 0. The van der Waals surface area contributed by atoms with Crippen LogP contribution in [-0.4, -0.2) is 5.78 Å². The van der Waals surface area contributed by atoms with E-state index in [0.717, 1.165) is 12.3 Å². The summed E-state index contributed by atoms with van der Waals surface area (Å²) in [5, 5.41) is 0. The normalized spacial score (nSPS) is 13.8. The molecule has 0 saturated carbocycles. The van der Waals surface area contributed by atoms with Crippen molar-refractivity contribution in [1.29, 1.82) is 0 Å². The van der Waals surface area contributed by atoms with Crippen LogP contribution in [0.2, 0.25) is 0 Å². The number of hydrogen-bond donors (Lipinski definition) is 0. The Balaban J connectivity index is 3.34. The van der Waals surface area contributed by atoms with Crippen molar-refractivity contribution in [3.8, 4) is 0 Å². The molecule has 0 amide bonds. The highest BCUT2D eigenvalue weighted by Gasteiger charge is 1.96. The maximum absolute atomic E-state index is 10.6. The molecule has 86 valence electrons. The molecule has 0 aliphatic carbocycles. The van der Waals surface area contributed by atoms with Gasteiger partial charge in [-0.25, -0.2) is 0 Å². The predicted molar refractivity (Wildman–Crippen MR) is 66.9 cm³/mol. The maximum Gasteiger partial charge on any atom is 0.152 e. The number of unbranched alkanes of at least 4 members (excludes halogenated alkanes) is 2. The molecule has 0 rings (SSSR count). The molecule has 0 aliphatic heterocycles. The second-order valence-corrected chi connectivity index (χ2v) is 4.20. The first-order chi connectivity index (χ1) is 7.16. The van der Waals surface area contributed by atoms with Gasteiger partial charge in [-0.3, -0.25) is 4.79 Å². The van der Waals surface area contributed by atoms with Crippen LogP contribution in [0.3, 0.4) is 0 Å². The molecule has 15 heavy (non-hydrogen) atoms. The van der Waals surface area contributed by atoms with E-state index in [1.54, 1.807) is 13.0 Å². The molecule has 0 spiro atoms. The Labute approximate surface area is 94.3 Å². The average molecular weight is 208 g/mol. The maximum atomic E-state index is 10.6. The van der Waals surface area contributed by atoms with Crippen LogP contribution >= 0.6 is 0 Å². The molecule has 0 heterocycles. The summed E-state index contributed by atoms with van der Waals surface area (Å²) in [6.45, 7) is 6.12. The SMILES string of the molecule is CCC(C)CCCC/C=C/C=C\C(C)=O. The van der Waals surface area contributed by atoms with Crippen LogP contribution in [0.4, 0.5) is 0 Å². The van der Waals surface area contributed by atoms with Crippen molar-refractivity contribution in [3.05, 3.63) is 24.3 Å². The van der Waals surface area contributed by atoms with Crippen LogP contribution in [0.15, 0.2) is 24.3 Å². The molecular formula is C14H24O. The van der Waals surface area contributed by atoms with Gasteiger partial charge in [0.1, 0.15) is 0 Å². The number of hydrogen-bond acceptors (Lipinski definition) is 1. The molecule has 1 heteroatoms. The molecule has 0 aromatic carbocycles. The van der Waals surface area contributed by atoms with E-state index in [1.165, 1.54) is 25.7 Å². The smallest absolute Gasteiger partial charge is 0.152 e. The average Bonchev–Trinajstić information content (AvgIpc) is 2.21. The molecule has 1 nitrogen and oxygen atoms in total. The van der Waals surface area contributed by atoms with Gasteiger partial charge in [-0.15, -0.1) is 0 Å². The molecular weight excluding hydrogens is 184 g/mol. The molecule has 1 atom stereocenters. The van der Waals surface area contributed by atoms with E-state index in [-0.39, 0.29) is 5.78 Å². The minimum atomic E-state index is 0.108. The molecule has 0 bridgehead atoms. The highest BCUT2D eigenvalue weighted by atomic mass is 16.1. The molecule has 0 aromatic heterocycles. The Hall–Kier alpha value is -0.850. The van der Waals surface area contributed by atoms with Gasteiger partial charge in [0, 0.05) is 0 Å². The number of ketones is 1. The van der Waals surface area contributed by atoms with Gasteiger partial charge in [-0.1, -0.05) is 51.3 Å². The highest BCUT2D eigenvalue weighted by Crippen LogP contribution is 2.12. The van der Waals surface area contributed by atoms with Crippen molar-refractivity contribution >= 4 is 5.78 Å². The van der Waals surface area contributed by atoms with E-state index in [2.05, 4.69) is 19.9 Å². The molecule has 0 radical (unpaired) electrons. The lowest BCUT2D eigenvalue weighted by atomic mass is 10.0. The molecule has 0 aromatic rings. The molecule has 0 N–H and O–H groups in total. The van der Waals surface area contributed by atoms with Crippen molar-refractivity contribution in [2.24, 2.45) is 5.92 Å². The van der Waals surface area contributed by atoms with Gasteiger partial charge in [0.25, 0.3) is 0 Å². The van der Waals surface area contributed by atoms with Crippen molar-refractivity contribution in [1.82, 2.24) is 0 Å². The molecule has 0 fully saturated rings. The highest BCUT2D eigenvalue weighted by molar-refractivity contribution is 5.87. The summed E-state index contributed by atoms with van der Waals surface area (Å²) in [7, 11) is 0. The predicted octanol–water partition coefficient (Wildman–Crippen LogP) is 4.29. The lowest BCUT2D eigenvalue weighted by Gasteiger charge is -2.05. The zero-order valence-corrected chi connectivity index (χ0v) is 10.3. The zero-order valence-electron chi connectivity index (χ0n) is 10.3. The quantitative estimate of drug-likeness (QED) is 0.330. The van der Waals surface area contributed by atoms with E-state index in [0.29, 0.717) is 0 Å². The Bertz CT molecular complexity index is 213. The van der Waals surface area contributed by atoms with Crippen molar-refractivity contribution in [3.63, 3.8) is 0 Å². The van der Waals surface area contributed by atoms with Gasteiger partial charge in [-0.05, 0) is 31.8 Å². The largest absolute Gasteiger partial charge is 0.295 e.